The Balaban J connectivity index is 1.67. The Kier molecular flexibility index (Phi) is 6.72. The van der Waals surface area contributed by atoms with Crippen molar-refractivity contribution in [2.75, 3.05) is 11.4 Å². The van der Waals surface area contributed by atoms with E-state index in [1.54, 1.807) is 41.3 Å². The van der Waals surface area contributed by atoms with E-state index in [0.717, 1.165) is 27.7 Å². The molecule has 1 aliphatic heterocycles. The van der Waals surface area contributed by atoms with E-state index in [4.69, 9.17) is 11.6 Å². The van der Waals surface area contributed by atoms with Gasteiger partial charge in [0.15, 0.2) is 0 Å². The monoisotopic (exact) mass is 532 g/mol. The van der Waals surface area contributed by atoms with Gasteiger partial charge in [0.25, 0.3) is 0 Å². The number of carbonyl (C=O) groups is 1. The van der Waals surface area contributed by atoms with Crippen LogP contribution in [0.2, 0.25) is 5.02 Å². The van der Waals surface area contributed by atoms with Crippen molar-refractivity contribution in [2.45, 2.75) is 30.8 Å². The molecule has 0 radical (unpaired) electrons. The normalized spacial score (nSPS) is 15.8. The summed E-state index contributed by atoms with van der Waals surface area (Å²) in [5, 5.41) is 0.564. The standard InChI is InChI=1S/C24H22BrClN2O3S/c1-17-14-19-4-2-3-5-23(19)28(17)24(29)16-27(15-18-6-10-21(26)11-7-18)32(30,31)22-12-8-20(25)9-13-22/h2-13,17H,14-16H2,1H3. The van der Waals surface area contributed by atoms with E-state index in [0.29, 0.717) is 5.02 Å². The molecule has 1 heterocycles. The van der Waals surface area contributed by atoms with Crippen LogP contribution >= 0.6 is 27.5 Å². The molecule has 0 saturated heterocycles. The number of fused-ring (bicyclic) bond motifs is 1. The Morgan fingerprint density at radius 3 is 2.41 bits per heavy atom. The minimum Gasteiger partial charge on any atom is -0.308 e. The van der Waals surface area contributed by atoms with Gasteiger partial charge in [-0.05, 0) is 66.9 Å². The van der Waals surface area contributed by atoms with Crippen molar-refractivity contribution in [3.63, 3.8) is 0 Å². The molecule has 0 aliphatic carbocycles. The molecule has 8 heteroatoms. The van der Waals surface area contributed by atoms with Crippen LogP contribution in [0.3, 0.4) is 0 Å². The van der Waals surface area contributed by atoms with E-state index in [1.807, 2.05) is 31.2 Å². The number of amides is 1. The number of nitrogens with zero attached hydrogens (tertiary/aromatic N) is 2. The highest BCUT2D eigenvalue weighted by atomic mass is 79.9. The third-order valence-corrected chi connectivity index (χ3v) is 8.10. The fourth-order valence-electron chi connectivity index (χ4n) is 3.95. The van der Waals surface area contributed by atoms with Gasteiger partial charge in [0.05, 0.1) is 11.4 Å². The van der Waals surface area contributed by atoms with Crippen LogP contribution in [0.5, 0.6) is 0 Å². The fourth-order valence-corrected chi connectivity index (χ4v) is 5.72. The van der Waals surface area contributed by atoms with Crippen LogP contribution in [-0.2, 0) is 27.8 Å². The van der Waals surface area contributed by atoms with E-state index in [9.17, 15) is 13.2 Å². The molecule has 3 aromatic carbocycles. The minimum atomic E-state index is -3.91. The Bertz CT molecular complexity index is 1230. The first kappa shape index (κ1) is 23.0. The lowest BCUT2D eigenvalue weighted by Crippen LogP contribution is -2.44. The van der Waals surface area contributed by atoms with Crippen molar-refractivity contribution >= 4 is 49.1 Å². The number of rotatable bonds is 6. The van der Waals surface area contributed by atoms with Crippen LogP contribution in [0.1, 0.15) is 18.1 Å². The average Bonchev–Trinajstić information content (AvgIpc) is 3.10. The first-order valence-electron chi connectivity index (χ1n) is 10.2. The highest BCUT2D eigenvalue weighted by Crippen LogP contribution is 2.32. The number of anilines is 1. The van der Waals surface area contributed by atoms with Gasteiger partial charge in [-0.25, -0.2) is 8.42 Å². The summed E-state index contributed by atoms with van der Waals surface area (Å²) in [5.74, 6) is -0.253. The highest BCUT2D eigenvalue weighted by molar-refractivity contribution is 9.10. The molecule has 1 aliphatic rings. The van der Waals surface area contributed by atoms with Crippen molar-refractivity contribution in [2.24, 2.45) is 0 Å². The molecular formula is C24H22BrClN2O3S. The second-order valence-corrected chi connectivity index (χ2v) is 11.1. The molecule has 1 unspecified atom stereocenters. The zero-order valence-corrected chi connectivity index (χ0v) is 20.6. The van der Waals surface area contributed by atoms with Gasteiger partial charge in [-0.15, -0.1) is 0 Å². The zero-order chi connectivity index (χ0) is 22.9. The van der Waals surface area contributed by atoms with E-state index < -0.39 is 10.0 Å². The molecule has 166 valence electrons. The first-order valence-corrected chi connectivity index (χ1v) is 12.8. The fraction of sp³-hybridized carbons (Fsp3) is 0.208. The Hall–Kier alpha value is -2.19. The molecule has 4 rings (SSSR count). The van der Waals surface area contributed by atoms with Gasteiger partial charge in [-0.1, -0.05) is 57.9 Å². The maximum Gasteiger partial charge on any atom is 0.243 e. The van der Waals surface area contributed by atoms with Gasteiger partial charge in [0.2, 0.25) is 15.9 Å². The van der Waals surface area contributed by atoms with Crippen molar-refractivity contribution < 1.29 is 13.2 Å². The largest absolute Gasteiger partial charge is 0.308 e. The molecule has 0 spiro atoms. The van der Waals surface area contributed by atoms with Gasteiger partial charge < -0.3 is 4.90 Å². The van der Waals surface area contributed by atoms with Crippen LogP contribution < -0.4 is 4.90 Å². The van der Waals surface area contributed by atoms with Crippen LogP contribution in [-0.4, -0.2) is 31.2 Å². The third kappa shape index (κ3) is 4.76. The molecule has 0 bridgehead atoms. The van der Waals surface area contributed by atoms with E-state index in [2.05, 4.69) is 15.9 Å². The maximum atomic E-state index is 13.5. The van der Waals surface area contributed by atoms with E-state index in [-0.39, 0.29) is 29.9 Å². The number of para-hydroxylation sites is 1. The smallest absolute Gasteiger partial charge is 0.243 e. The lowest BCUT2D eigenvalue weighted by molar-refractivity contribution is -0.119. The summed E-state index contributed by atoms with van der Waals surface area (Å²) < 4.78 is 29.0. The second-order valence-electron chi connectivity index (χ2n) is 7.80. The SMILES string of the molecule is CC1Cc2ccccc2N1C(=O)CN(Cc1ccc(Cl)cc1)S(=O)(=O)c1ccc(Br)cc1. The van der Waals surface area contributed by atoms with E-state index >= 15 is 0 Å². The van der Waals surface area contributed by atoms with Gasteiger partial charge in [0.1, 0.15) is 0 Å². The van der Waals surface area contributed by atoms with Crippen molar-refractivity contribution in [3.05, 3.63) is 93.4 Å². The van der Waals surface area contributed by atoms with Crippen LogP contribution in [0.25, 0.3) is 0 Å². The van der Waals surface area contributed by atoms with Crippen LogP contribution in [0.4, 0.5) is 5.69 Å². The number of hydrogen-bond donors (Lipinski definition) is 0. The van der Waals surface area contributed by atoms with Gasteiger partial charge >= 0.3 is 0 Å². The number of benzene rings is 3. The lowest BCUT2D eigenvalue weighted by Gasteiger charge is -2.27. The number of carbonyl (C=O) groups excluding carboxylic acids is 1. The number of halogens is 2. The Labute approximate surface area is 201 Å². The second kappa shape index (κ2) is 9.35. The average molecular weight is 534 g/mol. The molecule has 0 N–H and O–H groups in total. The highest BCUT2D eigenvalue weighted by Gasteiger charge is 2.34. The van der Waals surface area contributed by atoms with E-state index in [1.165, 1.54) is 16.4 Å². The maximum absolute atomic E-state index is 13.5. The molecule has 1 amide bonds. The molecule has 0 aromatic heterocycles. The van der Waals surface area contributed by atoms with Crippen molar-refractivity contribution in [3.8, 4) is 0 Å². The summed E-state index contributed by atoms with van der Waals surface area (Å²) in [4.78, 5) is 15.2. The summed E-state index contributed by atoms with van der Waals surface area (Å²) in [7, 11) is -3.91. The zero-order valence-electron chi connectivity index (χ0n) is 17.4. The van der Waals surface area contributed by atoms with Gasteiger partial charge in [-0.3, -0.25) is 4.79 Å². The molecule has 0 fully saturated rings. The molecule has 1 atom stereocenters. The summed E-state index contributed by atoms with van der Waals surface area (Å²) >= 11 is 9.32. The Morgan fingerprint density at radius 1 is 1.06 bits per heavy atom. The topological polar surface area (TPSA) is 57.7 Å². The van der Waals surface area contributed by atoms with Crippen molar-refractivity contribution in [1.29, 1.82) is 0 Å². The van der Waals surface area contributed by atoms with Gasteiger partial charge in [0, 0.05) is 27.8 Å². The summed E-state index contributed by atoms with van der Waals surface area (Å²) in [6, 6.07) is 21.1. The molecule has 3 aromatic rings. The lowest BCUT2D eigenvalue weighted by atomic mass is 10.1. The first-order chi connectivity index (χ1) is 15.3. The van der Waals surface area contributed by atoms with Crippen LogP contribution in [0.15, 0.2) is 82.2 Å². The number of hydrogen-bond acceptors (Lipinski definition) is 3. The molecule has 5 nitrogen and oxygen atoms in total. The van der Waals surface area contributed by atoms with Gasteiger partial charge in [-0.2, -0.15) is 4.31 Å². The number of sulfonamides is 1. The Morgan fingerprint density at radius 2 is 1.72 bits per heavy atom. The van der Waals surface area contributed by atoms with Crippen molar-refractivity contribution in [1.82, 2.24) is 4.31 Å². The summed E-state index contributed by atoms with van der Waals surface area (Å²) in [6.07, 6.45) is 0.749. The minimum absolute atomic E-state index is 0.0346. The molecule has 0 saturated carbocycles. The quantitative estimate of drug-likeness (QED) is 0.434. The molecular weight excluding hydrogens is 512 g/mol. The van der Waals surface area contributed by atoms with Crippen LogP contribution in [0, 0.1) is 0 Å². The predicted molar refractivity (Wildman–Crippen MR) is 130 cm³/mol. The third-order valence-electron chi connectivity index (χ3n) is 5.51. The predicted octanol–water partition coefficient (Wildman–Crippen LogP) is 5.27. The summed E-state index contributed by atoms with van der Waals surface area (Å²) in [5.41, 5.74) is 2.68. The summed E-state index contributed by atoms with van der Waals surface area (Å²) in [6.45, 7) is 1.77. The molecule has 32 heavy (non-hydrogen) atoms.